The van der Waals surface area contributed by atoms with Gasteiger partial charge in [-0.2, -0.15) is 4.52 Å². The topological polar surface area (TPSA) is 68.0 Å². The molecule has 18 heavy (non-hydrogen) atoms. The predicted molar refractivity (Wildman–Crippen MR) is 63.0 cm³/mol. The predicted octanol–water partition coefficient (Wildman–Crippen LogP) is 1.71. The van der Waals surface area contributed by atoms with Gasteiger partial charge in [0.1, 0.15) is 11.6 Å². The molecule has 2 heterocycles. The number of tetrazole rings is 1. The summed E-state index contributed by atoms with van der Waals surface area (Å²) in [6, 6.07) is 7.95. The highest BCUT2D eigenvalue weighted by atomic mass is 19.1. The van der Waals surface area contributed by atoms with E-state index in [1.807, 2.05) is 6.92 Å². The molecule has 0 aliphatic heterocycles. The summed E-state index contributed by atoms with van der Waals surface area (Å²) in [5, 5.41) is 14.2. The third-order valence-electron chi connectivity index (χ3n) is 2.40. The van der Waals surface area contributed by atoms with Gasteiger partial charge in [0, 0.05) is 17.4 Å². The van der Waals surface area contributed by atoms with E-state index >= 15 is 0 Å². The van der Waals surface area contributed by atoms with E-state index in [0.29, 0.717) is 17.3 Å². The summed E-state index contributed by atoms with van der Waals surface area (Å²) in [5.41, 5.74) is 1.40. The number of anilines is 2. The molecule has 1 aromatic carbocycles. The van der Waals surface area contributed by atoms with E-state index in [0.717, 1.165) is 5.69 Å². The van der Waals surface area contributed by atoms with Crippen molar-refractivity contribution in [1.29, 1.82) is 0 Å². The van der Waals surface area contributed by atoms with Gasteiger partial charge in [-0.05, 0) is 35.5 Å². The molecule has 0 aliphatic carbocycles. The summed E-state index contributed by atoms with van der Waals surface area (Å²) in [4.78, 5) is 4.17. The van der Waals surface area contributed by atoms with E-state index in [4.69, 9.17) is 0 Å². The summed E-state index contributed by atoms with van der Waals surface area (Å²) < 4.78 is 14.6. The number of aryl methyl sites for hydroxylation is 1. The van der Waals surface area contributed by atoms with Crippen LogP contribution in [0.15, 0.2) is 30.3 Å². The first kappa shape index (κ1) is 10.6. The Morgan fingerprint density at radius 3 is 3.00 bits per heavy atom. The zero-order chi connectivity index (χ0) is 12.5. The molecule has 0 unspecified atom stereocenters. The average Bonchev–Trinajstić information content (AvgIpc) is 2.77. The highest BCUT2D eigenvalue weighted by molar-refractivity contribution is 5.58. The molecule has 7 heteroatoms. The van der Waals surface area contributed by atoms with Gasteiger partial charge in [0.2, 0.25) is 0 Å². The Hall–Kier alpha value is -2.57. The van der Waals surface area contributed by atoms with Gasteiger partial charge in [0.05, 0.1) is 0 Å². The van der Waals surface area contributed by atoms with Crippen molar-refractivity contribution in [2.24, 2.45) is 0 Å². The molecule has 90 valence electrons. The third kappa shape index (κ3) is 1.86. The highest BCUT2D eigenvalue weighted by Crippen LogP contribution is 2.17. The van der Waals surface area contributed by atoms with Gasteiger partial charge in [0.25, 0.3) is 5.78 Å². The molecule has 0 aliphatic rings. The van der Waals surface area contributed by atoms with Crippen molar-refractivity contribution < 1.29 is 4.39 Å². The summed E-state index contributed by atoms with van der Waals surface area (Å²) in [6.07, 6.45) is 0. The number of hydrogen-bond donors (Lipinski definition) is 1. The second-order valence-electron chi connectivity index (χ2n) is 3.81. The minimum absolute atomic E-state index is 0.307. The van der Waals surface area contributed by atoms with Crippen molar-refractivity contribution in [3.05, 3.63) is 41.8 Å². The molecule has 0 saturated carbocycles. The van der Waals surface area contributed by atoms with Crippen LogP contribution in [-0.2, 0) is 0 Å². The molecule has 2 aromatic heterocycles. The second-order valence-corrected chi connectivity index (χ2v) is 3.81. The number of halogens is 1. The van der Waals surface area contributed by atoms with Crippen LogP contribution in [-0.4, -0.2) is 25.0 Å². The van der Waals surface area contributed by atoms with Crippen LogP contribution in [0.3, 0.4) is 0 Å². The number of nitrogens with zero attached hydrogens (tertiary/aromatic N) is 5. The van der Waals surface area contributed by atoms with E-state index in [2.05, 4.69) is 25.8 Å². The third-order valence-corrected chi connectivity index (χ3v) is 2.40. The second kappa shape index (κ2) is 4.02. The molecule has 0 bridgehead atoms. The number of rotatable bonds is 2. The first-order chi connectivity index (χ1) is 8.72. The molecule has 0 fully saturated rings. The minimum Gasteiger partial charge on any atom is -0.340 e. The zero-order valence-electron chi connectivity index (χ0n) is 9.50. The Morgan fingerprint density at radius 1 is 1.28 bits per heavy atom. The molecule has 0 spiro atoms. The highest BCUT2D eigenvalue weighted by Gasteiger charge is 2.06. The number of hydrogen-bond acceptors (Lipinski definition) is 5. The molecule has 1 N–H and O–H groups in total. The molecule has 0 saturated heterocycles. The van der Waals surface area contributed by atoms with Gasteiger partial charge in [-0.1, -0.05) is 11.2 Å². The van der Waals surface area contributed by atoms with Gasteiger partial charge in [-0.25, -0.2) is 9.37 Å². The van der Waals surface area contributed by atoms with Crippen molar-refractivity contribution in [1.82, 2.24) is 25.0 Å². The van der Waals surface area contributed by atoms with Crippen LogP contribution < -0.4 is 5.32 Å². The fraction of sp³-hybridized carbons (Fsp3) is 0.0909. The summed E-state index contributed by atoms with van der Waals surface area (Å²) in [5.74, 6) is 0.723. The summed E-state index contributed by atoms with van der Waals surface area (Å²) >= 11 is 0. The van der Waals surface area contributed by atoms with Crippen molar-refractivity contribution in [2.45, 2.75) is 6.92 Å². The van der Waals surface area contributed by atoms with Crippen molar-refractivity contribution in [3.63, 3.8) is 0 Å². The lowest BCUT2D eigenvalue weighted by atomic mass is 10.3. The summed E-state index contributed by atoms with van der Waals surface area (Å²) in [6.45, 7) is 1.84. The van der Waals surface area contributed by atoms with Crippen molar-refractivity contribution in [3.8, 4) is 0 Å². The Bertz CT molecular complexity index is 708. The first-order valence-corrected chi connectivity index (χ1v) is 5.31. The fourth-order valence-electron chi connectivity index (χ4n) is 1.66. The van der Waals surface area contributed by atoms with E-state index in [-0.39, 0.29) is 5.82 Å². The number of fused-ring (bicyclic) bond motifs is 1. The molecule has 0 amide bonds. The number of nitrogens with one attached hydrogen (secondary N) is 1. The van der Waals surface area contributed by atoms with E-state index in [9.17, 15) is 4.39 Å². The van der Waals surface area contributed by atoms with Gasteiger partial charge in [-0.15, -0.1) is 0 Å². The molecule has 0 atom stereocenters. The Kier molecular flexibility index (Phi) is 2.36. The van der Waals surface area contributed by atoms with Crippen LogP contribution in [0.5, 0.6) is 0 Å². The maximum absolute atomic E-state index is 13.1. The van der Waals surface area contributed by atoms with E-state index < -0.39 is 0 Å². The molecule has 3 rings (SSSR count). The fourth-order valence-corrected chi connectivity index (χ4v) is 1.66. The maximum Gasteiger partial charge on any atom is 0.275 e. The van der Waals surface area contributed by atoms with Crippen LogP contribution in [0.2, 0.25) is 0 Å². The van der Waals surface area contributed by atoms with Gasteiger partial charge in [-0.3, -0.25) is 0 Å². The standard InChI is InChI=1S/C11H9FN6/c1-7-5-10(18-11(13-7)15-16-17-18)14-9-4-2-3-8(12)6-9/h2-6,14H,1H3. The van der Waals surface area contributed by atoms with E-state index in [1.54, 1.807) is 18.2 Å². The lowest BCUT2D eigenvalue weighted by molar-refractivity contribution is 0.628. The lowest BCUT2D eigenvalue weighted by Crippen LogP contribution is -2.02. The Labute approximate surface area is 101 Å². The van der Waals surface area contributed by atoms with Gasteiger partial charge in [0.15, 0.2) is 0 Å². The lowest BCUT2D eigenvalue weighted by Gasteiger charge is -2.07. The minimum atomic E-state index is -0.307. The molecular formula is C11H9FN6. The first-order valence-electron chi connectivity index (χ1n) is 5.31. The maximum atomic E-state index is 13.1. The van der Waals surface area contributed by atoms with Crippen LogP contribution in [0.25, 0.3) is 5.78 Å². The number of aromatic nitrogens is 5. The van der Waals surface area contributed by atoms with Crippen LogP contribution in [0.1, 0.15) is 5.69 Å². The summed E-state index contributed by atoms with van der Waals surface area (Å²) in [7, 11) is 0. The molecular weight excluding hydrogens is 235 g/mol. The largest absolute Gasteiger partial charge is 0.340 e. The molecule has 6 nitrogen and oxygen atoms in total. The van der Waals surface area contributed by atoms with Gasteiger partial charge >= 0.3 is 0 Å². The van der Waals surface area contributed by atoms with Crippen molar-refractivity contribution >= 4 is 17.3 Å². The number of benzene rings is 1. The van der Waals surface area contributed by atoms with Crippen LogP contribution in [0.4, 0.5) is 15.9 Å². The molecule has 3 aromatic rings. The normalized spacial score (nSPS) is 10.8. The molecule has 0 radical (unpaired) electrons. The Morgan fingerprint density at radius 2 is 2.17 bits per heavy atom. The quantitative estimate of drug-likeness (QED) is 0.743. The van der Waals surface area contributed by atoms with Crippen LogP contribution >= 0.6 is 0 Å². The average molecular weight is 244 g/mol. The zero-order valence-corrected chi connectivity index (χ0v) is 9.50. The monoisotopic (exact) mass is 244 g/mol. The SMILES string of the molecule is Cc1cc(Nc2cccc(F)c2)n2nnnc2n1. The van der Waals surface area contributed by atoms with Crippen LogP contribution in [0, 0.1) is 12.7 Å². The van der Waals surface area contributed by atoms with Gasteiger partial charge < -0.3 is 5.32 Å². The van der Waals surface area contributed by atoms with E-state index in [1.165, 1.54) is 16.6 Å². The Balaban J connectivity index is 2.06. The van der Waals surface area contributed by atoms with Crippen molar-refractivity contribution in [2.75, 3.05) is 5.32 Å². The smallest absolute Gasteiger partial charge is 0.275 e.